The van der Waals surface area contributed by atoms with Gasteiger partial charge in [-0.05, 0) is 24.7 Å². The molecular weight excluding hydrogens is 262 g/mol. The van der Waals surface area contributed by atoms with Crippen LogP contribution in [0.4, 0.5) is 5.69 Å². The number of benzene rings is 1. The maximum Gasteiger partial charge on any atom is 0.219 e. The normalized spacial score (nSPS) is 15.7. The topological polar surface area (TPSA) is 35.6 Å². The number of hydrogen-bond acceptors (Lipinski definition) is 3. The number of piperazine rings is 1. The van der Waals surface area contributed by atoms with Gasteiger partial charge in [-0.1, -0.05) is 17.7 Å². The summed E-state index contributed by atoms with van der Waals surface area (Å²) >= 11 is 6.35. The number of rotatable bonds is 3. The number of nitrogens with one attached hydrogen (secondary N) is 1. The zero-order valence-corrected chi connectivity index (χ0v) is 12.2. The molecule has 1 heterocycles. The zero-order chi connectivity index (χ0) is 13.8. The van der Waals surface area contributed by atoms with Gasteiger partial charge in [-0.25, -0.2) is 0 Å². The minimum atomic E-state index is 0.148. The van der Waals surface area contributed by atoms with E-state index in [0.29, 0.717) is 0 Å². The molecule has 0 radical (unpaired) electrons. The van der Waals surface area contributed by atoms with Gasteiger partial charge in [-0.3, -0.25) is 4.79 Å². The summed E-state index contributed by atoms with van der Waals surface area (Å²) in [6, 6.07) is 6.16. The number of halogens is 1. The largest absolute Gasteiger partial charge is 0.367 e. The Morgan fingerprint density at radius 3 is 2.53 bits per heavy atom. The van der Waals surface area contributed by atoms with Crippen molar-refractivity contribution >= 4 is 23.2 Å². The van der Waals surface area contributed by atoms with Crippen molar-refractivity contribution < 1.29 is 4.79 Å². The molecule has 0 unspecified atom stereocenters. The Hall–Kier alpha value is -1.26. The number of carbonyl (C=O) groups is 1. The van der Waals surface area contributed by atoms with Crippen LogP contribution < -0.4 is 10.2 Å². The Morgan fingerprint density at radius 1 is 1.32 bits per heavy atom. The van der Waals surface area contributed by atoms with Gasteiger partial charge in [-0.15, -0.1) is 0 Å². The van der Waals surface area contributed by atoms with E-state index in [1.807, 2.05) is 18.0 Å². The second-order valence-electron chi connectivity index (χ2n) is 4.81. The lowest BCUT2D eigenvalue weighted by molar-refractivity contribution is -0.129. The van der Waals surface area contributed by atoms with Crippen molar-refractivity contribution in [2.45, 2.75) is 13.5 Å². The van der Waals surface area contributed by atoms with E-state index in [4.69, 9.17) is 11.6 Å². The Bertz CT molecular complexity index is 456. The van der Waals surface area contributed by atoms with Gasteiger partial charge in [0, 0.05) is 39.6 Å². The predicted molar refractivity (Wildman–Crippen MR) is 78.7 cm³/mol. The molecule has 0 atom stereocenters. The molecule has 1 amide bonds. The van der Waals surface area contributed by atoms with Crippen LogP contribution in [0.1, 0.15) is 12.5 Å². The summed E-state index contributed by atoms with van der Waals surface area (Å²) in [6.45, 7) is 5.65. The van der Waals surface area contributed by atoms with Crippen LogP contribution in [0.25, 0.3) is 0 Å². The van der Waals surface area contributed by atoms with Gasteiger partial charge >= 0.3 is 0 Å². The van der Waals surface area contributed by atoms with Crippen LogP contribution in [0.2, 0.25) is 5.02 Å². The Labute approximate surface area is 119 Å². The van der Waals surface area contributed by atoms with Crippen molar-refractivity contribution in [2.24, 2.45) is 0 Å². The lowest BCUT2D eigenvalue weighted by Gasteiger charge is -2.36. The predicted octanol–water partition coefficient (Wildman–Crippen LogP) is 1.73. The van der Waals surface area contributed by atoms with E-state index in [9.17, 15) is 4.79 Å². The third-order valence-corrected chi connectivity index (χ3v) is 3.76. The third kappa shape index (κ3) is 3.39. The van der Waals surface area contributed by atoms with Crippen LogP contribution in [0.3, 0.4) is 0 Å². The van der Waals surface area contributed by atoms with E-state index < -0.39 is 0 Å². The van der Waals surface area contributed by atoms with Crippen molar-refractivity contribution in [3.63, 3.8) is 0 Å². The molecule has 19 heavy (non-hydrogen) atoms. The molecule has 4 nitrogen and oxygen atoms in total. The minimum Gasteiger partial charge on any atom is -0.367 e. The number of nitrogens with zero attached hydrogens (tertiary/aromatic N) is 2. The van der Waals surface area contributed by atoms with Gasteiger partial charge in [0.2, 0.25) is 5.91 Å². The molecule has 0 spiro atoms. The van der Waals surface area contributed by atoms with Crippen molar-refractivity contribution in [2.75, 3.05) is 38.1 Å². The third-order valence-electron chi connectivity index (χ3n) is 3.46. The lowest BCUT2D eigenvalue weighted by atomic mass is 10.1. The highest BCUT2D eigenvalue weighted by molar-refractivity contribution is 6.33. The van der Waals surface area contributed by atoms with E-state index in [1.165, 1.54) is 5.56 Å². The fourth-order valence-electron chi connectivity index (χ4n) is 2.38. The minimum absolute atomic E-state index is 0.148. The molecule has 1 aliphatic heterocycles. The number of hydrogen-bond donors (Lipinski definition) is 1. The molecule has 0 aromatic heterocycles. The summed E-state index contributed by atoms with van der Waals surface area (Å²) in [4.78, 5) is 15.4. The molecule has 1 aromatic rings. The van der Waals surface area contributed by atoms with E-state index in [1.54, 1.807) is 6.92 Å². The standard InChI is InChI=1S/C14H20ClN3O/c1-11(19)17-5-7-18(8-6-17)14-4-3-12(10-16-2)9-13(14)15/h3-4,9,16H,5-8,10H2,1-2H3. The van der Waals surface area contributed by atoms with Gasteiger partial charge in [-0.2, -0.15) is 0 Å². The molecule has 1 N–H and O–H groups in total. The SMILES string of the molecule is CNCc1ccc(N2CCN(C(C)=O)CC2)c(Cl)c1. The van der Waals surface area contributed by atoms with Crippen LogP contribution in [0.5, 0.6) is 0 Å². The summed E-state index contributed by atoms with van der Waals surface area (Å²) < 4.78 is 0. The maximum atomic E-state index is 11.3. The molecule has 1 aliphatic rings. The van der Waals surface area contributed by atoms with Crippen LogP contribution in [-0.4, -0.2) is 44.0 Å². The smallest absolute Gasteiger partial charge is 0.219 e. The molecule has 0 aliphatic carbocycles. The van der Waals surface area contributed by atoms with Gasteiger partial charge in [0.25, 0.3) is 0 Å². The summed E-state index contributed by atoms with van der Waals surface area (Å²) in [5.74, 6) is 0.148. The molecule has 2 rings (SSSR count). The van der Waals surface area contributed by atoms with Gasteiger partial charge in [0.05, 0.1) is 10.7 Å². The van der Waals surface area contributed by atoms with E-state index in [2.05, 4.69) is 22.3 Å². The maximum absolute atomic E-state index is 11.3. The second-order valence-corrected chi connectivity index (χ2v) is 5.22. The molecule has 104 valence electrons. The summed E-state index contributed by atoms with van der Waals surface area (Å²) in [5, 5.41) is 3.89. The molecular formula is C14H20ClN3O. The number of amides is 1. The highest BCUT2D eigenvalue weighted by Crippen LogP contribution is 2.27. The molecule has 0 bridgehead atoms. The average Bonchev–Trinajstić information content (AvgIpc) is 2.39. The Kier molecular flexibility index (Phi) is 4.66. The Morgan fingerprint density at radius 2 is 2.00 bits per heavy atom. The monoisotopic (exact) mass is 281 g/mol. The fraction of sp³-hybridized carbons (Fsp3) is 0.500. The highest BCUT2D eigenvalue weighted by Gasteiger charge is 2.20. The van der Waals surface area contributed by atoms with Crippen LogP contribution in [0, 0.1) is 0 Å². The van der Waals surface area contributed by atoms with Crippen LogP contribution in [0.15, 0.2) is 18.2 Å². The molecule has 1 saturated heterocycles. The first-order chi connectivity index (χ1) is 9.11. The van der Waals surface area contributed by atoms with Crippen molar-refractivity contribution in [3.8, 4) is 0 Å². The van der Waals surface area contributed by atoms with Crippen LogP contribution >= 0.6 is 11.6 Å². The zero-order valence-electron chi connectivity index (χ0n) is 11.4. The average molecular weight is 282 g/mol. The summed E-state index contributed by atoms with van der Waals surface area (Å²) in [7, 11) is 1.92. The van der Waals surface area contributed by atoms with E-state index in [0.717, 1.165) is 43.4 Å². The first kappa shape index (κ1) is 14.2. The molecule has 0 saturated carbocycles. The van der Waals surface area contributed by atoms with E-state index >= 15 is 0 Å². The quantitative estimate of drug-likeness (QED) is 0.917. The van der Waals surface area contributed by atoms with Gasteiger partial charge in [0.15, 0.2) is 0 Å². The second kappa shape index (κ2) is 6.26. The molecule has 5 heteroatoms. The van der Waals surface area contributed by atoms with E-state index in [-0.39, 0.29) is 5.91 Å². The highest BCUT2D eigenvalue weighted by atomic mass is 35.5. The number of carbonyl (C=O) groups excluding carboxylic acids is 1. The van der Waals surface area contributed by atoms with Gasteiger partial charge in [0.1, 0.15) is 0 Å². The lowest BCUT2D eigenvalue weighted by Crippen LogP contribution is -2.48. The molecule has 1 fully saturated rings. The first-order valence-electron chi connectivity index (χ1n) is 6.55. The van der Waals surface area contributed by atoms with Gasteiger partial charge < -0.3 is 15.1 Å². The van der Waals surface area contributed by atoms with Crippen molar-refractivity contribution in [1.29, 1.82) is 0 Å². The van der Waals surface area contributed by atoms with Crippen LogP contribution in [-0.2, 0) is 11.3 Å². The summed E-state index contributed by atoms with van der Waals surface area (Å²) in [5.41, 5.74) is 2.24. The Balaban J connectivity index is 2.05. The fourth-order valence-corrected chi connectivity index (χ4v) is 2.71. The first-order valence-corrected chi connectivity index (χ1v) is 6.93. The van der Waals surface area contributed by atoms with Crippen molar-refractivity contribution in [1.82, 2.24) is 10.2 Å². The number of anilines is 1. The summed E-state index contributed by atoms with van der Waals surface area (Å²) in [6.07, 6.45) is 0. The molecule has 1 aromatic carbocycles. The van der Waals surface area contributed by atoms with Crippen molar-refractivity contribution in [3.05, 3.63) is 28.8 Å².